The van der Waals surface area contributed by atoms with Crippen molar-refractivity contribution in [3.05, 3.63) is 17.7 Å². The Labute approximate surface area is 117 Å². The molecule has 0 saturated carbocycles. The van der Waals surface area contributed by atoms with Gasteiger partial charge >= 0.3 is 5.97 Å². The molecule has 7 nitrogen and oxygen atoms in total. The first-order valence-electron chi connectivity index (χ1n) is 6.63. The van der Waals surface area contributed by atoms with Crippen LogP contribution in [0.15, 0.2) is 11.4 Å². The zero-order valence-corrected chi connectivity index (χ0v) is 11.6. The number of nitrogens with zero attached hydrogens (tertiary/aromatic N) is 2. The molecule has 1 aromatic rings. The van der Waals surface area contributed by atoms with E-state index in [4.69, 9.17) is 5.11 Å². The van der Waals surface area contributed by atoms with Crippen LogP contribution >= 0.6 is 0 Å². The fourth-order valence-electron chi connectivity index (χ4n) is 1.64. The van der Waals surface area contributed by atoms with Gasteiger partial charge in [-0.05, 0) is 19.8 Å². The van der Waals surface area contributed by atoms with E-state index in [0.717, 1.165) is 25.0 Å². The van der Waals surface area contributed by atoms with E-state index in [1.807, 2.05) is 6.92 Å². The van der Waals surface area contributed by atoms with Gasteiger partial charge in [0.25, 0.3) is 0 Å². The third-order valence-electron chi connectivity index (χ3n) is 2.79. The summed E-state index contributed by atoms with van der Waals surface area (Å²) in [5.41, 5.74) is 4.02. The summed E-state index contributed by atoms with van der Waals surface area (Å²) in [5, 5.41) is 12.3. The first kappa shape index (κ1) is 15.9. The lowest BCUT2D eigenvalue weighted by Gasteiger charge is -2.00. The number of carboxylic acids is 1. The van der Waals surface area contributed by atoms with Gasteiger partial charge in [-0.1, -0.05) is 12.8 Å². The molecule has 0 aromatic carbocycles. The van der Waals surface area contributed by atoms with Gasteiger partial charge in [-0.25, -0.2) is 10.4 Å². The van der Waals surface area contributed by atoms with E-state index in [1.165, 1.54) is 6.21 Å². The third-order valence-corrected chi connectivity index (χ3v) is 2.79. The molecule has 7 heteroatoms. The molecule has 1 rings (SSSR count). The number of hydrogen-bond donors (Lipinski definition) is 3. The highest BCUT2D eigenvalue weighted by Crippen LogP contribution is 2.05. The minimum atomic E-state index is -0.772. The molecule has 1 heterocycles. The molecule has 20 heavy (non-hydrogen) atoms. The van der Waals surface area contributed by atoms with Crippen molar-refractivity contribution in [3.63, 3.8) is 0 Å². The van der Waals surface area contributed by atoms with E-state index in [2.05, 4.69) is 20.5 Å². The second kappa shape index (κ2) is 8.84. The summed E-state index contributed by atoms with van der Waals surface area (Å²) in [6.07, 6.45) is 6.73. The number of imidazole rings is 1. The standard InChI is InChI=1S/C13H20N4O3/c1-10-11(15-9-14-10)8-16-17-12(18)6-4-2-3-5-7-13(19)20/h8-9H,2-7H2,1H3,(H,14,15)(H,17,18)(H,19,20)/b16-8+. The van der Waals surface area contributed by atoms with Crippen LogP contribution in [0.25, 0.3) is 0 Å². The maximum Gasteiger partial charge on any atom is 0.303 e. The van der Waals surface area contributed by atoms with Crippen LogP contribution in [0, 0.1) is 6.92 Å². The average Bonchev–Trinajstić information content (AvgIpc) is 2.79. The molecule has 3 N–H and O–H groups in total. The van der Waals surface area contributed by atoms with E-state index < -0.39 is 5.97 Å². The van der Waals surface area contributed by atoms with Gasteiger partial charge in [0.05, 0.1) is 12.5 Å². The van der Waals surface area contributed by atoms with Crippen molar-refractivity contribution in [3.8, 4) is 0 Å². The number of carbonyl (C=O) groups excluding carboxylic acids is 1. The molecule has 0 bridgehead atoms. The highest BCUT2D eigenvalue weighted by Gasteiger charge is 2.01. The zero-order chi connectivity index (χ0) is 14.8. The number of hydrogen-bond acceptors (Lipinski definition) is 4. The topological polar surface area (TPSA) is 107 Å². The van der Waals surface area contributed by atoms with Crippen LogP contribution in [0.3, 0.4) is 0 Å². The Morgan fingerprint density at radius 3 is 2.65 bits per heavy atom. The molecule has 1 aromatic heterocycles. The van der Waals surface area contributed by atoms with Gasteiger partial charge in [0, 0.05) is 18.5 Å². The molecule has 0 unspecified atom stereocenters. The number of aryl methyl sites for hydroxylation is 1. The Kier molecular flexibility index (Phi) is 7.02. The third kappa shape index (κ3) is 6.67. The molecule has 0 radical (unpaired) electrons. The van der Waals surface area contributed by atoms with Crippen molar-refractivity contribution in [2.45, 2.75) is 45.4 Å². The van der Waals surface area contributed by atoms with E-state index >= 15 is 0 Å². The van der Waals surface area contributed by atoms with Crippen molar-refractivity contribution < 1.29 is 14.7 Å². The summed E-state index contributed by atoms with van der Waals surface area (Å²) in [7, 11) is 0. The maximum atomic E-state index is 11.5. The van der Waals surface area contributed by atoms with Crippen LogP contribution in [0.2, 0.25) is 0 Å². The predicted octanol–water partition coefficient (Wildman–Crippen LogP) is 1.59. The van der Waals surface area contributed by atoms with Gasteiger partial charge in [0.15, 0.2) is 0 Å². The van der Waals surface area contributed by atoms with Crippen LogP contribution in [0.5, 0.6) is 0 Å². The first-order chi connectivity index (χ1) is 9.59. The van der Waals surface area contributed by atoms with Crippen LogP contribution in [0.4, 0.5) is 0 Å². The molecular weight excluding hydrogens is 260 g/mol. The SMILES string of the molecule is Cc1[nH]cnc1/C=N/NC(=O)CCCCCCC(=O)O. The molecule has 0 fully saturated rings. The lowest BCUT2D eigenvalue weighted by atomic mass is 10.1. The number of carbonyl (C=O) groups is 2. The molecule has 0 aliphatic heterocycles. The molecular formula is C13H20N4O3. The van der Waals surface area contributed by atoms with Crippen molar-refractivity contribution >= 4 is 18.1 Å². The Bertz CT molecular complexity index is 468. The van der Waals surface area contributed by atoms with Crippen molar-refractivity contribution in [2.24, 2.45) is 5.10 Å². The predicted molar refractivity (Wildman–Crippen MR) is 74.4 cm³/mol. The Hall–Kier alpha value is -2.18. The van der Waals surface area contributed by atoms with E-state index in [0.29, 0.717) is 18.5 Å². The smallest absolute Gasteiger partial charge is 0.303 e. The largest absolute Gasteiger partial charge is 0.481 e. The molecule has 0 spiro atoms. The maximum absolute atomic E-state index is 11.5. The van der Waals surface area contributed by atoms with Gasteiger partial charge < -0.3 is 10.1 Å². The van der Waals surface area contributed by atoms with Crippen LogP contribution in [-0.4, -0.2) is 33.2 Å². The zero-order valence-electron chi connectivity index (χ0n) is 11.6. The average molecular weight is 280 g/mol. The Morgan fingerprint density at radius 1 is 1.35 bits per heavy atom. The summed E-state index contributed by atoms with van der Waals surface area (Å²) in [4.78, 5) is 28.7. The number of H-pyrrole nitrogens is 1. The van der Waals surface area contributed by atoms with Gasteiger partial charge in [-0.2, -0.15) is 5.10 Å². The summed E-state index contributed by atoms with van der Waals surface area (Å²) in [5.74, 6) is -0.918. The van der Waals surface area contributed by atoms with Gasteiger partial charge in [-0.3, -0.25) is 9.59 Å². The number of carboxylic acid groups (broad SMARTS) is 1. The number of hydrazone groups is 1. The van der Waals surface area contributed by atoms with Crippen LogP contribution < -0.4 is 5.43 Å². The fraction of sp³-hybridized carbons (Fsp3) is 0.538. The molecule has 110 valence electrons. The number of aromatic amines is 1. The van der Waals surface area contributed by atoms with Gasteiger partial charge in [0.2, 0.25) is 5.91 Å². The number of aromatic nitrogens is 2. The van der Waals surface area contributed by atoms with Crippen molar-refractivity contribution in [1.29, 1.82) is 0 Å². The lowest BCUT2D eigenvalue weighted by molar-refractivity contribution is -0.137. The van der Waals surface area contributed by atoms with Crippen molar-refractivity contribution in [2.75, 3.05) is 0 Å². The van der Waals surface area contributed by atoms with Crippen LogP contribution in [0.1, 0.15) is 49.9 Å². The summed E-state index contributed by atoms with van der Waals surface area (Å²) >= 11 is 0. The summed E-state index contributed by atoms with van der Waals surface area (Å²) in [6.45, 7) is 1.87. The molecule has 1 amide bonds. The Balaban J connectivity index is 2.07. The molecule has 0 saturated heterocycles. The minimum Gasteiger partial charge on any atom is -0.481 e. The van der Waals surface area contributed by atoms with Gasteiger partial charge in [-0.15, -0.1) is 0 Å². The molecule has 0 atom stereocenters. The summed E-state index contributed by atoms with van der Waals surface area (Å²) < 4.78 is 0. The number of rotatable bonds is 9. The first-order valence-corrected chi connectivity index (χ1v) is 6.63. The number of amides is 1. The molecule has 0 aliphatic rings. The number of unbranched alkanes of at least 4 members (excludes halogenated alkanes) is 3. The van der Waals surface area contributed by atoms with Gasteiger partial charge in [0.1, 0.15) is 5.69 Å². The Morgan fingerprint density at radius 2 is 2.05 bits per heavy atom. The monoisotopic (exact) mass is 280 g/mol. The van der Waals surface area contributed by atoms with E-state index in [9.17, 15) is 9.59 Å². The van der Waals surface area contributed by atoms with Crippen LogP contribution in [-0.2, 0) is 9.59 Å². The van der Waals surface area contributed by atoms with E-state index in [1.54, 1.807) is 6.33 Å². The van der Waals surface area contributed by atoms with E-state index in [-0.39, 0.29) is 12.3 Å². The summed E-state index contributed by atoms with van der Waals surface area (Å²) in [6, 6.07) is 0. The number of aliphatic carboxylic acids is 1. The normalized spacial score (nSPS) is 10.8. The second-order valence-corrected chi connectivity index (χ2v) is 4.51. The molecule has 0 aliphatic carbocycles. The lowest BCUT2D eigenvalue weighted by Crippen LogP contribution is -2.17. The highest BCUT2D eigenvalue weighted by atomic mass is 16.4. The number of nitrogens with one attached hydrogen (secondary N) is 2. The minimum absolute atomic E-state index is 0.146. The quantitative estimate of drug-likeness (QED) is 0.362. The second-order valence-electron chi connectivity index (χ2n) is 4.51. The highest BCUT2D eigenvalue weighted by molar-refractivity contribution is 5.81. The fourth-order valence-corrected chi connectivity index (χ4v) is 1.64. The van der Waals surface area contributed by atoms with Crippen molar-refractivity contribution in [1.82, 2.24) is 15.4 Å².